The Morgan fingerprint density at radius 3 is 2.19 bits per heavy atom. The first-order chi connectivity index (χ1) is 20.9. The Morgan fingerprint density at radius 1 is 0.837 bits per heavy atom. The van der Waals surface area contributed by atoms with Crippen LogP contribution in [0.1, 0.15) is 32.6 Å². The van der Waals surface area contributed by atoms with Crippen molar-refractivity contribution in [3.8, 4) is 5.75 Å². The van der Waals surface area contributed by atoms with Gasteiger partial charge in [-0.15, -0.1) is 0 Å². The number of fused-ring (bicyclic) bond motifs is 2. The number of ether oxygens (including phenoxy) is 2. The van der Waals surface area contributed by atoms with Crippen LogP contribution >= 0.6 is 0 Å². The summed E-state index contributed by atoms with van der Waals surface area (Å²) in [5, 5.41) is 9.34. The number of aliphatic hydroxyl groups excluding tert-OH is 1. The maximum Gasteiger partial charge on any atom is 0.253 e. The number of hydrogen-bond donors (Lipinski definition) is 1. The SMILES string of the molecule is CC[C@]12C=CCN(c3ccccc3)C(=O)[C@H]1[C@H]1C(=O)N(CCCCCO)C3C(=O)N(c4ccc(OC)cc4)CC=C[C@@]31O2. The number of aliphatic hydroxyl groups is 1. The molecule has 0 aliphatic carbocycles. The minimum Gasteiger partial charge on any atom is -0.497 e. The number of rotatable bonds is 9. The molecule has 5 atom stereocenters. The first-order valence-electron chi connectivity index (χ1n) is 15.2. The largest absolute Gasteiger partial charge is 0.497 e. The van der Waals surface area contributed by atoms with Gasteiger partial charge in [0.15, 0.2) is 0 Å². The number of anilines is 2. The Hall–Kier alpha value is -3.95. The highest BCUT2D eigenvalue weighted by Crippen LogP contribution is 2.58. The monoisotopic (exact) mass is 585 g/mol. The van der Waals surface area contributed by atoms with E-state index in [0.717, 1.165) is 5.69 Å². The Labute approximate surface area is 252 Å². The van der Waals surface area contributed by atoms with Gasteiger partial charge in [0.25, 0.3) is 5.91 Å². The van der Waals surface area contributed by atoms with Crippen LogP contribution in [0, 0.1) is 11.8 Å². The molecule has 0 bridgehead atoms. The first kappa shape index (κ1) is 29.1. The second-order valence-electron chi connectivity index (χ2n) is 11.7. The number of para-hydroxylation sites is 1. The predicted octanol–water partition coefficient (Wildman–Crippen LogP) is 3.72. The molecule has 0 saturated carbocycles. The molecule has 0 radical (unpaired) electrons. The van der Waals surface area contributed by atoms with E-state index in [1.54, 1.807) is 33.9 Å². The van der Waals surface area contributed by atoms with Crippen LogP contribution < -0.4 is 14.5 Å². The Bertz CT molecular complexity index is 1430. The molecule has 4 aliphatic heterocycles. The molecule has 1 unspecified atom stereocenters. The zero-order chi connectivity index (χ0) is 30.2. The van der Waals surface area contributed by atoms with E-state index in [9.17, 15) is 19.5 Å². The topological polar surface area (TPSA) is 99.6 Å². The van der Waals surface area contributed by atoms with E-state index >= 15 is 0 Å². The van der Waals surface area contributed by atoms with Crippen molar-refractivity contribution in [3.63, 3.8) is 0 Å². The molecule has 1 spiro atoms. The second kappa shape index (κ2) is 11.6. The van der Waals surface area contributed by atoms with Gasteiger partial charge in [-0.3, -0.25) is 14.4 Å². The van der Waals surface area contributed by atoms with Crippen LogP contribution in [0.5, 0.6) is 5.75 Å². The molecule has 9 nitrogen and oxygen atoms in total. The summed E-state index contributed by atoms with van der Waals surface area (Å²) in [6, 6.07) is 15.8. The number of benzene rings is 2. The number of hydrogen-bond acceptors (Lipinski definition) is 6. The third-order valence-corrected chi connectivity index (χ3v) is 9.45. The van der Waals surface area contributed by atoms with Crippen molar-refractivity contribution in [2.75, 3.05) is 43.2 Å². The lowest BCUT2D eigenvalue weighted by atomic mass is 9.73. The predicted molar refractivity (Wildman–Crippen MR) is 163 cm³/mol. The molecule has 6 rings (SSSR count). The molecule has 1 N–H and O–H groups in total. The van der Waals surface area contributed by atoms with Gasteiger partial charge in [-0.1, -0.05) is 49.4 Å². The molecule has 226 valence electrons. The lowest BCUT2D eigenvalue weighted by Gasteiger charge is -2.38. The van der Waals surface area contributed by atoms with Gasteiger partial charge >= 0.3 is 0 Å². The first-order valence-corrected chi connectivity index (χ1v) is 15.2. The summed E-state index contributed by atoms with van der Waals surface area (Å²) in [7, 11) is 1.59. The highest BCUT2D eigenvalue weighted by atomic mass is 16.5. The number of nitrogens with zero attached hydrogens (tertiary/aromatic N) is 3. The lowest BCUT2D eigenvalue weighted by Crippen LogP contribution is -2.56. The van der Waals surface area contributed by atoms with Crippen molar-refractivity contribution in [1.82, 2.24) is 4.90 Å². The number of carbonyl (C=O) groups excluding carboxylic acids is 3. The Kier molecular flexibility index (Phi) is 7.87. The second-order valence-corrected chi connectivity index (χ2v) is 11.7. The van der Waals surface area contributed by atoms with Crippen molar-refractivity contribution in [1.29, 1.82) is 0 Å². The maximum atomic E-state index is 14.6. The van der Waals surface area contributed by atoms with E-state index in [4.69, 9.17) is 9.47 Å². The highest BCUT2D eigenvalue weighted by molar-refractivity contribution is 6.07. The number of unbranched alkanes of at least 4 members (excludes halogenated alkanes) is 2. The maximum absolute atomic E-state index is 14.6. The minimum atomic E-state index is -1.31. The van der Waals surface area contributed by atoms with Crippen LogP contribution in [0.3, 0.4) is 0 Å². The molecule has 2 saturated heterocycles. The average molecular weight is 586 g/mol. The van der Waals surface area contributed by atoms with Gasteiger partial charge in [0.2, 0.25) is 11.8 Å². The normalized spacial score (nSPS) is 29.8. The van der Waals surface area contributed by atoms with Crippen molar-refractivity contribution < 1.29 is 29.0 Å². The molecule has 4 aliphatic rings. The van der Waals surface area contributed by atoms with Crippen molar-refractivity contribution in [2.45, 2.75) is 49.9 Å². The summed E-state index contributed by atoms with van der Waals surface area (Å²) < 4.78 is 12.4. The smallest absolute Gasteiger partial charge is 0.253 e. The van der Waals surface area contributed by atoms with Gasteiger partial charge in [0, 0.05) is 37.6 Å². The number of likely N-dealkylation sites (tertiary alicyclic amines) is 1. The standard InChI is InChI=1S/C34H39N3O6/c1-3-33-18-10-21-35(24-12-6-4-7-13-24)30(39)27(33)28-31(40)37(20-8-5-9-23-38)29-32(41)36(22-11-19-34(28,29)43-33)25-14-16-26(42-2)17-15-25/h4,6-7,10-19,27-29,38H,3,5,8-9,20-23H2,1-2H3/t27-,28+,29?,33+,34+/m1/s1. The molecular weight excluding hydrogens is 546 g/mol. The summed E-state index contributed by atoms with van der Waals surface area (Å²) in [6.07, 6.45) is 10.1. The number of amides is 3. The molecule has 4 heterocycles. The van der Waals surface area contributed by atoms with Crippen LogP contribution in [0.2, 0.25) is 0 Å². The number of methoxy groups -OCH3 is 1. The summed E-state index contributed by atoms with van der Waals surface area (Å²) in [5.74, 6) is -1.65. The van der Waals surface area contributed by atoms with E-state index in [0.29, 0.717) is 56.8 Å². The fourth-order valence-corrected chi connectivity index (χ4v) is 7.40. The lowest BCUT2D eigenvalue weighted by molar-refractivity contribution is -0.145. The highest BCUT2D eigenvalue weighted by Gasteiger charge is 2.75. The summed E-state index contributed by atoms with van der Waals surface area (Å²) in [5.41, 5.74) is -0.910. The van der Waals surface area contributed by atoms with Gasteiger partial charge < -0.3 is 29.3 Å². The van der Waals surface area contributed by atoms with Crippen LogP contribution in [-0.2, 0) is 19.1 Å². The molecular formula is C34H39N3O6. The quantitative estimate of drug-likeness (QED) is 0.356. The zero-order valence-corrected chi connectivity index (χ0v) is 24.7. The van der Waals surface area contributed by atoms with E-state index in [1.165, 1.54) is 0 Å². The van der Waals surface area contributed by atoms with Crippen molar-refractivity contribution in [3.05, 3.63) is 78.9 Å². The third-order valence-electron chi connectivity index (χ3n) is 9.45. The van der Waals surface area contributed by atoms with Crippen LogP contribution in [0.4, 0.5) is 11.4 Å². The summed E-state index contributed by atoms with van der Waals surface area (Å²) in [4.78, 5) is 48.8. The van der Waals surface area contributed by atoms with Crippen LogP contribution in [0.25, 0.3) is 0 Å². The van der Waals surface area contributed by atoms with Crippen LogP contribution in [-0.4, -0.2) is 78.3 Å². The molecule has 43 heavy (non-hydrogen) atoms. The van der Waals surface area contributed by atoms with E-state index in [-0.39, 0.29) is 24.3 Å². The molecule has 2 fully saturated rings. The van der Waals surface area contributed by atoms with E-state index < -0.39 is 29.1 Å². The average Bonchev–Trinajstić information content (AvgIpc) is 3.32. The zero-order valence-electron chi connectivity index (χ0n) is 24.7. The molecule has 2 aromatic carbocycles. The minimum absolute atomic E-state index is 0.0667. The third kappa shape index (κ3) is 4.66. The molecule has 2 aromatic rings. The summed E-state index contributed by atoms with van der Waals surface area (Å²) in [6.45, 7) is 3.04. The van der Waals surface area contributed by atoms with Gasteiger partial charge in [-0.25, -0.2) is 0 Å². The Balaban J connectivity index is 1.45. The van der Waals surface area contributed by atoms with Gasteiger partial charge in [0.1, 0.15) is 17.4 Å². The van der Waals surface area contributed by atoms with Gasteiger partial charge in [-0.2, -0.15) is 0 Å². The fourth-order valence-electron chi connectivity index (χ4n) is 7.40. The fraction of sp³-hybridized carbons (Fsp3) is 0.441. The van der Waals surface area contributed by atoms with E-state index in [1.807, 2.05) is 73.7 Å². The van der Waals surface area contributed by atoms with E-state index in [2.05, 4.69) is 0 Å². The molecule has 9 heteroatoms. The van der Waals surface area contributed by atoms with Gasteiger partial charge in [0.05, 0.1) is 24.5 Å². The summed E-state index contributed by atoms with van der Waals surface area (Å²) >= 11 is 0. The molecule has 0 aromatic heterocycles. The van der Waals surface area contributed by atoms with Crippen molar-refractivity contribution in [2.24, 2.45) is 11.8 Å². The number of carbonyl (C=O) groups is 3. The van der Waals surface area contributed by atoms with Crippen LogP contribution in [0.15, 0.2) is 78.9 Å². The Morgan fingerprint density at radius 2 is 1.51 bits per heavy atom. The van der Waals surface area contributed by atoms with Gasteiger partial charge in [-0.05, 0) is 62.1 Å². The molecule has 3 amide bonds. The van der Waals surface area contributed by atoms with Crippen molar-refractivity contribution >= 4 is 29.1 Å².